The second-order valence-electron chi connectivity index (χ2n) is 3.67. The van der Waals surface area contributed by atoms with E-state index in [9.17, 15) is 13.6 Å². The maximum absolute atomic E-state index is 13.4. The Hall–Kier alpha value is -2.37. The van der Waals surface area contributed by atoms with Crippen molar-refractivity contribution in [2.45, 2.75) is 6.54 Å². The fraction of sp³-hybridized carbons (Fsp3) is 0.0833. The van der Waals surface area contributed by atoms with Crippen LogP contribution in [0.2, 0.25) is 0 Å². The minimum Gasteiger partial charge on any atom is -0.478 e. The second-order valence-corrected chi connectivity index (χ2v) is 3.67. The molecule has 1 aromatic heterocycles. The van der Waals surface area contributed by atoms with Crippen molar-refractivity contribution in [1.29, 1.82) is 0 Å². The highest BCUT2D eigenvalue weighted by molar-refractivity contribution is 5.89. The lowest BCUT2D eigenvalue weighted by Gasteiger charge is -2.08. The van der Waals surface area contributed by atoms with Crippen LogP contribution in [0.4, 0.5) is 14.5 Å². The summed E-state index contributed by atoms with van der Waals surface area (Å²) in [5.74, 6) is -3.36. The van der Waals surface area contributed by atoms with Crippen molar-refractivity contribution in [1.82, 2.24) is 4.98 Å². The Balaban J connectivity index is 2.22. The Labute approximate surface area is 101 Å². The van der Waals surface area contributed by atoms with Crippen LogP contribution < -0.4 is 5.32 Å². The van der Waals surface area contributed by atoms with E-state index < -0.39 is 23.2 Å². The smallest absolute Gasteiger partial charge is 0.338 e. The molecule has 0 radical (unpaired) electrons. The molecule has 0 spiro atoms. The van der Waals surface area contributed by atoms with Crippen LogP contribution in [0.25, 0.3) is 0 Å². The van der Waals surface area contributed by atoms with E-state index in [1.165, 1.54) is 0 Å². The van der Waals surface area contributed by atoms with Crippen molar-refractivity contribution in [3.05, 3.63) is 53.4 Å². The van der Waals surface area contributed by atoms with Gasteiger partial charge in [-0.25, -0.2) is 13.6 Å². The van der Waals surface area contributed by atoms with Crippen molar-refractivity contribution in [3.63, 3.8) is 0 Å². The maximum atomic E-state index is 13.4. The number of aromatic nitrogens is 1. The third-order valence-electron chi connectivity index (χ3n) is 2.42. The molecule has 0 aliphatic carbocycles. The third kappa shape index (κ3) is 2.48. The molecule has 3 N–H and O–H groups in total. The van der Waals surface area contributed by atoms with Crippen LogP contribution >= 0.6 is 0 Å². The van der Waals surface area contributed by atoms with Crippen LogP contribution in [0.5, 0.6) is 0 Å². The van der Waals surface area contributed by atoms with Gasteiger partial charge in [0.2, 0.25) is 0 Å². The van der Waals surface area contributed by atoms with Gasteiger partial charge < -0.3 is 15.4 Å². The predicted octanol–water partition coefficient (Wildman–Crippen LogP) is 2.60. The van der Waals surface area contributed by atoms with Gasteiger partial charge in [0, 0.05) is 18.0 Å². The minimum absolute atomic E-state index is 0.0524. The minimum atomic E-state index is -1.43. The van der Waals surface area contributed by atoms with Gasteiger partial charge in [-0.1, -0.05) is 0 Å². The standard InChI is InChI=1S/C12H10F2N2O2/c13-9-5-10(14)11(4-8(9)12(17)18)16-6-7-2-1-3-15-7/h1-5,15-16H,6H2,(H,17,18). The zero-order valence-corrected chi connectivity index (χ0v) is 9.21. The van der Waals surface area contributed by atoms with E-state index in [0.29, 0.717) is 6.07 Å². The molecular weight excluding hydrogens is 242 g/mol. The molecule has 4 nitrogen and oxygen atoms in total. The number of hydrogen-bond acceptors (Lipinski definition) is 2. The molecule has 0 aliphatic heterocycles. The summed E-state index contributed by atoms with van der Waals surface area (Å²) in [7, 11) is 0. The van der Waals surface area contributed by atoms with E-state index in [1.807, 2.05) is 0 Å². The highest BCUT2D eigenvalue weighted by Crippen LogP contribution is 2.20. The average molecular weight is 252 g/mol. The fourth-order valence-electron chi connectivity index (χ4n) is 1.52. The van der Waals surface area contributed by atoms with Crippen molar-refractivity contribution >= 4 is 11.7 Å². The van der Waals surface area contributed by atoms with E-state index in [-0.39, 0.29) is 12.2 Å². The number of rotatable bonds is 4. The molecule has 2 aromatic rings. The summed E-state index contributed by atoms with van der Waals surface area (Å²) < 4.78 is 26.6. The lowest BCUT2D eigenvalue weighted by Crippen LogP contribution is -2.06. The first kappa shape index (κ1) is 12.1. The first-order valence-corrected chi connectivity index (χ1v) is 5.16. The quantitative estimate of drug-likeness (QED) is 0.783. The highest BCUT2D eigenvalue weighted by atomic mass is 19.1. The average Bonchev–Trinajstić information content (AvgIpc) is 2.80. The van der Waals surface area contributed by atoms with Gasteiger partial charge in [0.25, 0.3) is 0 Å². The normalized spacial score (nSPS) is 10.3. The summed E-state index contributed by atoms with van der Waals surface area (Å²) in [4.78, 5) is 13.6. The summed E-state index contributed by atoms with van der Waals surface area (Å²) in [6, 6.07) is 5.06. The number of benzene rings is 1. The molecular formula is C12H10F2N2O2. The number of anilines is 1. The molecule has 0 saturated heterocycles. The van der Waals surface area contributed by atoms with Crippen LogP contribution in [0.15, 0.2) is 30.5 Å². The molecule has 0 aliphatic rings. The fourth-order valence-corrected chi connectivity index (χ4v) is 1.52. The van der Waals surface area contributed by atoms with Crippen molar-refractivity contribution in [3.8, 4) is 0 Å². The van der Waals surface area contributed by atoms with Crippen LogP contribution in [-0.4, -0.2) is 16.1 Å². The Morgan fingerprint density at radius 3 is 2.72 bits per heavy atom. The van der Waals surface area contributed by atoms with Crippen molar-refractivity contribution in [2.75, 3.05) is 5.32 Å². The lowest BCUT2D eigenvalue weighted by molar-refractivity contribution is 0.0692. The van der Waals surface area contributed by atoms with Crippen LogP contribution in [0.1, 0.15) is 16.1 Å². The molecule has 0 fully saturated rings. The number of aromatic amines is 1. The summed E-state index contributed by atoms with van der Waals surface area (Å²) in [6.07, 6.45) is 1.71. The van der Waals surface area contributed by atoms with Gasteiger partial charge in [-0.05, 0) is 18.2 Å². The number of H-pyrrole nitrogens is 1. The van der Waals surface area contributed by atoms with E-state index in [4.69, 9.17) is 5.11 Å². The molecule has 2 rings (SSSR count). The van der Waals surface area contributed by atoms with E-state index in [1.54, 1.807) is 18.3 Å². The van der Waals surface area contributed by atoms with E-state index in [0.717, 1.165) is 11.8 Å². The van der Waals surface area contributed by atoms with E-state index >= 15 is 0 Å². The van der Waals surface area contributed by atoms with E-state index in [2.05, 4.69) is 10.3 Å². The molecule has 0 bridgehead atoms. The molecule has 18 heavy (non-hydrogen) atoms. The first-order chi connectivity index (χ1) is 8.58. The molecule has 0 atom stereocenters. The summed E-state index contributed by atoms with van der Waals surface area (Å²) in [6.45, 7) is 0.286. The van der Waals surface area contributed by atoms with Gasteiger partial charge in [0.15, 0.2) is 0 Å². The Kier molecular flexibility index (Phi) is 3.27. The van der Waals surface area contributed by atoms with Gasteiger partial charge >= 0.3 is 5.97 Å². The van der Waals surface area contributed by atoms with Gasteiger partial charge in [0.05, 0.1) is 17.8 Å². The monoisotopic (exact) mass is 252 g/mol. The molecule has 0 amide bonds. The Morgan fingerprint density at radius 1 is 1.33 bits per heavy atom. The Morgan fingerprint density at radius 2 is 2.11 bits per heavy atom. The summed E-state index contributed by atoms with van der Waals surface area (Å²) in [5.41, 5.74) is 0.185. The molecule has 1 heterocycles. The molecule has 6 heteroatoms. The van der Waals surface area contributed by atoms with Gasteiger partial charge in [0.1, 0.15) is 11.6 Å². The van der Waals surface area contributed by atoms with Gasteiger partial charge in [-0.2, -0.15) is 0 Å². The summed E-state index contributed by atoms with van der Waals surface area (Å²) >= 11 is 0. The maximum Gasteiger partial charge on any atom is 0.338 e. The highest BCUT2D eigenvalue weighted by Gasteiger charge is 2.14. The first-order valence-electron chi connectivity index (χ1n) is 5.16. The lowest BCUT2D eigenvalue weighted by atomic mass is 10.1. The second kappa shape index (κ2) is 4.87. The van der Waals surface area contributed by atoms with Gasteiger partial charge in [-0.3, -0.25) is 0 Å². The third-order valence-corrected chi connectivity index (χ3v) is 2.42. The number of carboxylic acid groups (broad SMARTS) is 1. The van der Waals surface area contributed by atoms with Crippen molar-refractivity contribution in [2.24, 2.45) is 0 Å². The SMILES string of the molecule is O=C(O)c1cc(NCc2ccc[nH]2)c(F)cc1F. The number of carbonyl (C=O) groups is 1. The van der Waals surface area contributed by atoms with Crippen LogP contribution in [0.3, 0.4) is 0 Å². The number of halogens is 2. The van der Waals surface area contributed by atoms with Crippen LogP contribution in [0, 0.1) is 11.6 Å². The number of nitrogens with one attached hydrogen (secondary N) is 2. The number of hydrogen-bond donors (Lipinski definition) is 3. The predicted molar refractivity (Wildman–Crippen MR) is 61.4 cm³/mol. The molecule has 0 saturated carbocycles. The molecule has 0 unspecified atom stereocenters. The largest absolute Gasteiger partial charge is 0.478 e. The van der Waals surface area contributed by atoms with Crippen molar-refractivity contribution < 1.29 is 18.7 Å². The van der Waals surface area contributed by atoms with Gasteiger partial charge in [-0.15, -0.1) is 0 Å². The zero-order valence-electron chi connectivity index (χ0n) is 9.21. The number of aromatic carboxylic acids is 1. The zero-order chi connectivity index (χ0) is 13.1. The molecule has 1 aromatic carbocycles. The summed E-state index contributed by atoms with van der Waals surface area (Å²) in [5, 5.41) is 11.4. The van der Waals surface area contributed by atoms with Crippen LogP contribution in [-0.2, 0) is 6.54 Å². The molecule has 94 valence electrons. The number of carboxylic acids is 1. The Bertz CT molecular complexity index is 568. The topological polar surface area (TPSA) is 65.1 Å².